The minimum absolute atomic E-state index is 0.115. The summed E-state index contributed by atoms with van der Waals surface area (Å²) in [5, 5.41) is 21.0. The number of hydrogen-bond donors (Lipinski definition) is 1. The van der Waals surface area contributed by atoms with E-state index in [9.17, 15) is 20.0 Å². The first kappa shape index (κ1) is 15.9. The van der Waals surface area contributed by atoms with Crippen molar-refractivity contribution in [3.05, 3.63) is 74.2 Å². The normalized spacial score (nSPS) is 15.6. The highest BCUT2D eigenvalue weighted by Crippen LogP contribution is 2.42. The Hall–Kier alpha value is -2.93. The molecule has 1 aromatic carbocycles. The summed E-state index contributed by atoms with van der Waals surface area (Å²) in [6.45, 7) is 3.21. The van der Waals surface area contributed by atoms with Crippen LogP contribution in [-0.2, 0) is 0 Å². The van der Waals surface area contributed by atoms with Gasteiger partial charge in [-0.25, -0.2) is 0 Å². The van der Waals surface area contributed by atoms with Crippen LogP contribution in [0.1, 0.15) is 19.4 Å². The van der Waals surface area contributed by atoms with Gasteiger partial charge in [-0.05, 0) is 26.0 Å². The maximum absolute atomic E-state index is 12.3. The highest BCUT2D eigenvalue weighted by Gasteiger charge is 2.36. The van der Waals surface area contributed by atoms with Crippen LogP contribution in [0.4, 0.5) is 5.69 Å². The second-order valence-electron chi connectivity index (χ2n) is 5.94. The number of aromatic nitrogens is 1. The Labute approximate surface area is 137 Å². The first-order valence-electron chi connectivity index (χ1n) is 7.35. The predicted molar refractivity (Wildman–Crippen MR) is 87.9 cm³/mol. The molecule has 0 saturated heterocycles. The zero-order chi connectivity index (χ0) is 17.5. The van der Waals surface area contributed by atoms with Crippen molar-refractivity contribution in [3.8, 4) is 5.75 Å². The van der Waals surface area contributed by atoms with E-state index < -0.39 is 10.5 Å². The molecular formula is C17H16N2O5. The molecule has 7 nitrogen and oxygen atoms in total. The molecule has 0 bridgehead atoms. The number of ether oxygens (including phenoxy) is 1. The number of non-ortho nitro benzene ring substituents is 1. The van der Waals surface area contributed by atoms with E-state index >= 15 is 0 Å². The van der Waals surface area contributed by atoms with E-state index in [1.54, 1.807) is 32.2 Å². The third kappa shape index (κ3) is 2.48. The number of benzene rings is 1. The third-order valence-corrected chi connectivity index (χ3v) is 4.03. The molecule has 3 rings (SSSR count). The number of nitrogens with zero attached hydrogens (tertiary/aromatic N) is 2. The monoisotopic (exact) mass is 328 g/mol. The zero-order valence-corrected chi connectivity index (χ0v) is 13.2. The van der Waals surface area contributed by atoms with Crippen LogP contribution >= 0.6 is 0 Å². The van der Waals surface area contributed by atoms with Crippen molar-refractivity contribution in [2.75, 3.05) is 6.61 Å². The number of nitro groups is 1. The van der Waals surface area contributed by atoms with Gasteiger partial charge >= 0.3 is 0 Å². The van der Waals surface area contributed by atoms with Crippen molar-refractivity contribution >= 4 is 11.4 Å². The number of rotatable bonds is 3. The molecule has 0 spiro atoms. The van der Waals surface area contributed by atoms with Crippen molar-refractivity contribution < 1.29 is 14.8 Å². The Kier molecular flexibility index (Phi) is 3.73. The number of nitro benzene ring substituents is 1. The molecule has 2 aromatic rings. The Morgan fingerprint density at radius 3 is 2.67 bits per heavy atom. The number of fused-ring (bicyclic) bond motifs is 1. The molecule has 24 heavy (non-hydrogen) atoms. The molecule has 1 N–H and O–H groups in total. The summed E-state index contributed by atoms with van der Waals surface area (Å²) < 4.78 is 7.27. The number of aliphatic hydroxyl groups excluding tert-OH is 1. The fourth-order valence-electron chi connectivity index (χ4n) is 2.84. The number of hydrogen-bond acceptors (Lipinski definition) is 5. The zero-order valence-electron chi connectivity index (χ0n) is 13.2. The summed E-state index contributed by atoms with van der Waals surface area (Å²) in [4.78, 5) is 22.9. The highest BCUT2D eigenvalue weighted by atomic mass is 16.6. The van der Waals surface area contributed by atoms with Crippen molar-refractivity contribution in [2.24, 2.45) is 0 Å². The van der Waals surface area contributed by atoms with E-state index in [0.29, 0.717) is 22.6 Å². The summed E-state index contributed by atoms with van der Waals surface area (Å²) in [6.07, 6.45) is 1.57. The van der Waals surface area contributed by atoms with Crippen LogP contribution in [0.5, 0.6) is 5.75 Å². The summed E-state index contributed by atoms with van der Waals surface area (Å²) >= 11 is 0. The van der Waals surface area contributed by atoms with E-state index in [1.165, 1.54) is 28.8 Å². The molecule has 1 aliphatic heterocycles. The van der Waals surface area contributed by atoms with Crippen LogP contribution in [0.3, 0.4) is 0 Å². The fourth-order valence-corrected chi connectivity index (χ4v) is 2.84. The van der Waals surface area contributed by atoms with Gasteiger partial charge in [-0.1, -0.05) is 6.07 Å². The minimum Gasteiger partial charge on any atom is -0.483 e. The Balaban J connectivity index is 2.39. The SMILES string of the molecule is CC1(C)Oc2ccc([N+](=O)[O-])cc2C(n2ccccc2=O)=C1CO. The molecule has 0 unspecified atom stereocenters. The fraction of sp³-hybridized carbons (Fsp3) is 0.235. The van der Waals surface area contributed by atoms with Gasteiger partial charge in [-0.15, -0.1) is 0 Å². The topological polar surface area (TPSA) is 94.6 Å². The molecule has 0 radical (unpaired) electrons. The van der Waals surface area contributed by atoms with Gasteiger partial charge in [-0.2, -0.15) is 0 Å². The van der Waals surface area contributed by atoms with Crippen LogP contribution in [0, 0.1) is 10.1 Å². The maximum Gasteiger partial charge on any atom is 0.270 e. The maximum atomic E-state index is 12.3. The van der Waals surface area contributed by atoms with E-state index in [2.05, 4.69) is 0 Å². The summed E-state index contributed by atoms with van der Waals surface area (Å²) in [6, 6.07) is 8.90. The van der Waals surface area contributed by atoms with E-state index in [-0.39, 0.29) is 17.9 Å². The summed E-state index contributed by atoms with van der Waals surface area (Å²) in [5.74, 6) is 0.425. The molecule has 0 aliphatic carbocycles. The predicted octanol–water partition coefficient (Wildman–Crippen LogP) is 2.18. The first-order chi connectivity index (χ1) is 11.3. The molecule has 0 amide bonds. The lowest BCUT2D eigenvalue weighted by Gasteiger charge is -2.36. The molecule has 0 atom stereocenters. The van der Waals surface area contributed by atoms with Crippen molar-refractivity contribution in [1.29, 1.82) is 0 Å². The van der Waals surface area contributed by atoms with Gasteiger partial charge in [0.15, 0.2) is 0 Å². The Bertz CT molecular complexity index is 911. The summed E-state index contributed by atoms with van der Waals surface area (Å²) in [5.41, 5.74) is 0.0230. The Morgan fingerprint density at radius 1 is 1.29 bits per heavy atom. The van der Waals surface area contributed by atoms with Crippen LogP contribution in [0.25, 0.3) is 5.70 Å². The largest absolute Gasteiger partial charge is 0.483 e. The first-order valence-corrected chi connectivity index (χ1v) is 7.35. The minimum atomic E-state index is -0.859. The molecule has 0 fully saturated rings. The van der Waals surface area contributed by atoms with E-state index in [0.717, 1.165) is 0 Å². The van der Waals surface area contributed by atoms with Crippen LogP contribution in [0.15, 0.2) is 53.0 Å². The third-order valence-electron chi connectivity index (χ3n) is 4.03. The molecular weight excluding hydrogens is 312 g/mol. The standard InChI is InChI=1S/C17H16N2O5/c1-17(2)13(10-20)16(18-8-4-3-5-15(18)21)12-9-11(19(22)23)6-7-14(12)24-17/h3-9,20H,10H2,1-2H3. The van der Waals surface area contributed by atoms with Gasteiger partial charge < -0.3 is 9.84 Å². The number of pyridine rings is 1. The van der Waals surface area contributed by atoms with Crippen LogP contribution in [0.2, 0.25) is 0 Å². The van der Waals surface area contributed by atoms with Crippen LogP contribution in [-0.4, -0.2) is 26.8 Å². The van der Waals surface area contributed by atoms with Gasteiger partial charge in [0.1, 0.15) is 11.4 Å². The molecule has 1 aliphatic rings. The smallest absolute Gasteiger partial charge is 0.270 e. The highest BCUT2D eigenvalue weighted by molar-refractivity contribution is 5.78. The van der Waals surface area contributed by atoms with E-state index in [4.69, 9.17) is 4.74 Å². The second-order valence-corrected chi connectivity index (χ2v) is 5.94. The van der Waals surface area contributed by atoms with Crippen molar-refractivity contribution in [3.63, 3.8) is 0 Å². The lowest BCUT2D eigenvalue weighted by Crippen LogP contribution is -2.38. The van der Waals surface area contributed by atoms with Gasteiger partial charge in [0, 0.05) is 35.5 Å². The number of aliphatic hydroxyl groups is 1. The quantitative estimate of drug-likeness (QED) is 0.688. The lowest BCUT2D eigenvalue weighted by molar-refractivity contribution is -0.384. The lowest BCUT2D eigenvalue weighted by atomic mass is 9.89. The summed E-state index contributed by atoms with van der Waals surface area (Å²) in [7, 11) is 0. The van der Waals surface area contributed by atoms with E-state index in [1.807, 2.05) is 0 Å². The average Bonchev–Trinajstić information content (AvgIpc) is 2.53. The van der Waals surface area contributed by atoms with Crippen molar-refractivity contribution in [1.82, 2.24) is 4.57 Å². The Morgan fingerprint density at radius 2 is 2.04 bits per heavy atom. The molecule has 1 aromatic heterocycles. The second kappa shape index (κ2) is 5.61. The molecule has 7 heteroatoms. The van der Waals surface area contributed by atoms with Crippen LogP contribution < -0.4 is 10.3 Å². The molecule has 2 heterocycles. The van der Waals surface area contributed by atoms with Gasteiger partial charge in [0.05, 0.1) is 17.2 Å². The molecule has 0 saturated carbocycles. The average molecular weight is 328 g/mol. The molecule has 124 valence electrons. The van der Waals surface area contributed by atoms with Gasteiger partial charge in [-0.3, -0.25) is 19.5 Å². The van der Waals surface area contributed by atoms with Gasteiger partial charge in [0.2, 0.25) is 0 Å². The van der Waals surface area contributed by atoms with Gasteiger partial charge in [0.25, 0.3) is 11.2 Å². The van der Waals surface area contributed by atoms with Crippen molar-refractivity contribution in [2.45, 2.75) is 19.4 Å².